The van der Waals surface area contributed by atoms with Gasteiger partial charge in [-0.05, 0) is 19.3 Å². The number of rotatable bonds is 0. The van der Waals surface area contributed by atoms with Crippen LogP contribution >= 0.6 is 0 Å². The van der Waals surface area contributed by atoms with Gasteiger partial charge in [-0.1, -0.05) is 0 Å². The number of hydrogen-bond acceptors (Lipinski definition) is 3. The maximum Gasteiger partial charge on any atom is 0.153 e. The third kappa shape index (κ3) is 1.18. The first-order chi connectivity index (χ1) is 5.11. The molecule has 1 aliphatic carbocycles. The van der Waals surface area contributed by atoms with Crippen LogP contribution in [0.5, 0.6) is 0 Å². The highest BCUT2D eigenvalue weighted by Crippen LogP contribution is 2.43. The van der Waals surface area contributed by atoms with E-state index in [0.29, 0.717) is 19.3 Å². The predicted molar refractivity (Wildman–Crippen MR) is 40.9 cm³/mol. The average Bonchev–Trinajstić information content (AvgIpc) is 2.62. The van der Waals surface area contributed by atoms with Gasteiger partial charge in [0.15, 0.2) is 9.84 Å². The monoisotopic (exact) mass is 176 g/mol. The van der Waals surface area contributed by atoms with Gasteiger partial charge in [0.2, 0.25) is 0 Å². The van der Waals surface area contributed by atoms with Gasteiger partial charge in [-0.25, -0.2) is 8.42 Å². The lowest BCUT2D eigenvalue weighted by Gasteiger charge is -2.03. The lowest BCUT2D eigenvalue weighted by Crippen LogP contribution is -2.12. The van der Waals surface area contributed by atoms with Crippen molar-refractivity contribution in [2.45, 2.75) is 30.6 Å². The van der Waals surface area contributed by atoms with Crippen LogP contribution in [0.25, 0.3) is 0 Å². The fourth-order valence-corrected chi connectivity index (χ4v) is 3.97. The third-order valence-electron chi connectivity index (χ3n) is 2.66. The lowest BCUT2D eigenvalue weighted by atomic mass is 10.1. The van der Waals surface area contributed by atoms with Crippen LogP contribution in [-0.2, 0) is 9.84 Å². The second-order valence-electron chi connectivity index (χ2n) is 3.51. The second-order valence-corrected chi connectivity index (χ2v) is 5.85. The van der Waals surface area contributed by atoms with Gasteiger partial charge in [0.05, 0.1) is 17.1 Å². The van der Waals surface area contributed by atoms with Crippen LogP contribution in [0.3, 0.4) is 0 Å². The Morgan fingerprint density at radius 1 is 1.36 bits per heavy atom. The van der Waals surface area contributed by atoms with Gasteiger partial charge in [0.25, 0.3) is 0 Å². The van der Waals surface area contributed by atoms with Crippen molar-refractivity contribution >= 4 is 9.84 Å². The van der Waals surface area contributed by atoms with Crippen LogP contribution in [0.15, 0.2) is 0 Å². The minimum Gasteiger partial charge on any atom is -0.393 e. The molecule has 1 saturated heterocycles. The standard InChI is InChI=1S/C7H12O3S/c8-6-2-1-3-11(9,10)7-4-5(6)7/h5-8H,1-4H2. The fraction of sp³-hybridized carbons (Fsp3) is 1.00. The van der Waals surface area contributed by atoms with Crippen molar-refractivity contribution in [3.63, 3.8) is 0 Å². The summed E-state index contributed by atoms with van der Waals surface area (Å²) >= 11 is 0. The molecule has 2 fully saturated rings. The summed E-state index contributed by atoms with van der Waals surface area (Å²) < 4.78 is 22.6. The van der Waals surface area contributed by atoms with Crippen molar-refractivity contribution in [3.8, 4) is 0 Å². The molecule has 0 radical (unpaired) electrons. The molecule has 0 aromatic rings. The van der Waals surface area contributed by atoms with Crippen molar-refractivity contribution in [2.75, 3.05) is 5.75 Å². The van der Waals surface area contributed by atoms with Crippen molar-refractivity contribution in [3.05, 3.63) is 0 Å². The molecule has 3 atom stereocenters. The SMILES string of the molecule is O=S1(=O)CCCC(O)C2CC21. The quantitative estimate of drug-likeness (QED) is 0.562. The summed E-state index contributed by atoms with van der Waals surface area (Å²) in [6.07, 6.45) is 1.65. The summed E-state index contributed by atoms with van der Waals surface area (Å²) in [5.74, 6) is 0.355. The number of aliphatic hydroxyl groups excluding tert-OH is 1. The average molecular weight is 176 g/mol. The summed E-state index contributed by atoms with van der Waals surface area (Å²) in [6, 6.07) is 0. The Kier molecular flexibility index (Phi) is 1.51. The van der Waals surface area contributed by atoms with E-state index in [1.54, 1.807) is 0 Å². The first kappa shape index (κ1) is 7.55. The normalized spacial score (nSPS) is 47.5. The summed E-state index contributed by atoms with van der Waals surface area (Å²) in [6.45, 7) is 0. The Morgan fingerprint density at radius 2 is 2.09 bits per heavy atom. The van der Waals surface area contributed by atoms with E-state index in [0.717, 1.165) is 0 Å². The molecule has 64 valence electrons. The van der Waals surface area contributed by atoms with Crippen molar-refractivity contribution in [1.82, 2.24) is 0 Å². The molecule has 0 aromatic carbocycles. The van der Waals surface area contributed by atoms with Gasteiger partial charge < -0.3 is 5.11 Å². The Labute approximate surface area is 66.3 Å². The van der Waals surface area contributed by atoms with Crippen LogP contribution in [0, 0.1) is 5.92 Å². The third-order valence-corrected chi connectivity index (χ3v) is 4.99. The molecule has 0 bridgehead atoms. The van der Waals surface area contributed by atoms with Gasteiger partial charge in [0.1, 0.15) is 0 Å². The van der Waals surface area contributed by atoms with E-state index in [1.807, 2.05) is 0 Å². The first-order valence-electron chi connectivity index (χ1n) is 4.01. The Hall–Kier alpha value is -0.0900. The predicted octanol–water partition coefficient (Wildman–Crippen LogP) is -0.0556. The number of hydrogen-bond donors (Lipinski definition) is 1. The van der Waals surface area contributed by atoms with Crippen LogP contribution in [0.4, 0.5) is 0 Å². The van der Waals surface area contributed by atoms with E-state index in [1.165, 1.54) is 0 Å². The van der Waals surface area contributed by atoms with Crippen molar-refractivity contribution < 1.29 is 13.5 Å². The van der Waals surface area contributed by atoms with Crippen LogP contribution in [0.2, 0.25) is 0 Å². The molecule has 1 N–H and O–H groups in total. The van der Waals surface area contributed by atoms with E-state index >= 15 is 0 Å². The zero-order chi connectivity index (χ0) is 8.06. The van der Waals surface area contributed by atoms with Gasteiger partial charge >= 0.3 is 0 Å². The van der Waals surface area contributed by atoms with E-state index in [4.69, 9.17) is 0 Å². The Morgan fingerprint density at radius 3 is 2.82 bits per heavy atom. The minimum atomic E-state index is -2.82. The zero-order valence-electron chi connectivity index (χ0n) is 6.23. The molecule has 0 spiro atoms. The summed E-state index contributed by atoms with van der Waals surface area (Å²) in [5.41, 5.74) is 0. The molecule has 0 aromatic heterocycles. The highest BCUT2D eigenvalue weighted by Gasteiger charge is 2.51. The Balaban J connectivity index is 2.22. The summed E-state index contributed by atoms with van der Waals surface area (Å²) in [7, 11) is -2.82. The molecular formula is C7H12O3S. The maximum atomic E-state index is 11.3. The van der Waals surface area contributed by atoms with Crippen molar-refractivity contribution in [2.24, 2.45) is 5.92 Å². The second kappa shape index (κ2) is 2.20. The van der Waals surface area contributed by atoms with Gasteiger partial charge in [-0.3, -0.25) is 0 Å². The summed E-state index contributed by atoms with van der Waals surface area (Å²) in [5, 5.41) is 9.17. The zero-order valence-corrected chi connectivity index (χ0v) is 7.05. The highest BCUT2D eigenvalue weighted by atomic mass is 32.2. The van der Waals surface area contributed by atoms with Crippen molar-refractivity contribution in [1.29, 1.82) is 0 Å². The molecule has 3 unspecified atom stereocenters. The number of sulfone groups is 1. The van der Waals surface area contributed by atoms with Gasteiger partial charge in [-0.15, -0.1) is 0 Å². The first-order valence-corrected chi connectivity index (χ1v) is 5.72. The highest BCUT2D eigenvalue weighted by molar-refractivity contribution is 7.92. The van der Waals surface area contributed by atoms with E-state index in [9.17, 15) is 13.5 Å². The van der Waals surface area contributed by atoms with Crippen LogP contribution in [0.1, 0.15) is 19.3 Å². The topological polar surface area (TPSA) is 54.4 Å². The molecule has 2 aliphatic rings. The number of fused-ring (bicyclic) bond motifs is 1. The smallest absolute Gasteiger partial charge is 0.153 e. The molecule has 2 rings (SSSR count). The number of aliphatic hydroxyl groups is 1. The summed E-state index contributed by atoms with van der Waals surface area (Å²) in [4.78, 5) is 0. The molecular weight excluding hydrogens is 164 g/mol. The van der Waals surface area contributed by atoms with E-state index < -0.39 is 9.84 Å². The largest absolute Gasteiger partial charge is 0.393 e. The van der Waals surface area contributed by atoms with E-state index in [2.05, 4.69) is 0 Å². The fourth-order valence-electron chi connectivity index (χ4n) is 1.87. The molecule has 11 heavy (non-hydrogen) atoms. The van der Waals surface area contributed by atoms with Gasteiger partial charge in [-0.2, -0.15) is 0 Å². The molecule has 1 heterocycles. The molecule has 4 heteroatoms. The Bertz CT molecular complexity index is 257. The van der Waals surface area contributed by atoms with E-state index in [-0.39, 0.29) is 23.0 Å². The molecule has 1 saturated carbocycles. The minimum absolute atomic E-state index is 0.0718. The van der Waals surface area contributed by atoms with Crippen LogP contribution in [-0.4, -0.2) is 30.6 Å². The molecule has 3 nitrogen and oxygen atoms in total. The maximum absolute atomic E-state index is 11.3. The van der Waals surface area contributed by atoms with Gasteiger partial charge in [0, 0.05) is 5.92 Å². The molecule has 0 amide bonds. The lowest BCUT2D eigenvalue weighted by molar-refractivity contribution is 0.143. The van der Waals surface area contributed by atoms with Crippen LogP contribution < -0.4 is 0 Å². The molecule has 1 aliphatic heterocycles.